The van der Waals surface area contributed by atoms with E-state index >= 15 is 0 Å². The molecule has 0 saturated carbocycles. The zero-order chi connectivity index (χ0) is 15.3. The number of hydrogen-bond acceptors (Lipinski definition) is 3. The number of hydrogen-bond donors (Lipinski definition) is 3. The highest BCUT2D eigenvalue weighted by molar-refractivity contribution is 9.10. The molecule has 0 bridgehead atoms. The molecule has 1 rings (SSSR count). The van der Waals surface area contributed by atoms with E-state index in [0.29, 0.717) is 12.8 Å². The molecule has 1 aromatic carbocycles. The first-order valence-corrected chi connectivity index (χ1v) is 7.26. The summed E-state index contributed by atoms with van der Waals surface area (Å²) in [5, 5.41) is 14.8. The third-order valence-corrected chi connectivity index (χ3v) is 4.17. The van der Waals surface area contributed by atoms with Crippen molar-refractivity contribution in [3.05, 3.63) is 28.2 Å². The van der Waals surface area contributed by atoms with Gasteiger partial charge in [0.25, 0.3) is 0 Å². The third kappa shape index (κ3) is 3.12. The van der Waals surface area contributed by atoms with Gasteiger partial charge in [0.05, 0.1) is 0 Å². The molecular formula is C14H20BrN3O2. The summed E-state index contributed by atoms with van der Waals surface area (Å²) in [6.45, 7) is 5.59. The van der Waals surface area contributed by atoms with Crippen LogP contribution in [0.2, 0.25) is 0 Å². The molecule has 0 aliphatic heterocycles. The van der Waals surface area contributed by atoms with E-state index in [1.165, 1.54) is 0 Å². The predicted molar refractivity (Wildman–Crippen MR) is 83.9 cm³/mol. The first-order chi connectivity index (χ1) is 9.41. The molecular weight excluding hydrogens is 322 g/mol. The van der Waals surface area contributed by atoms with Crippen molar-refractivity contribution < 1.29 is 10.0 Å². The summed E-state index contributed by atoms with van der Waals surface area (Å²) in [5.74, 6) is -0.321. The number of amidine groups is 1. The zero-order valence-electron chi connectivity index (χ0n) is 11.9. The number of rotatable bonds is 5. The van der Waals surface area contributed by atoms with Crippen LogP contribution < -0.4 is 11.1 Å². The number of nitrogens with zero attached hydrogens (tertiary/aromatic N) is 1. The van der Waals surface area contributed by atoms with Gasteiger partial charge in [0.15, 0.2) is 5.84 Å². The van der Waals surface area contributed by atoms with E-state index in [0.717, 1.165) is 15.7 Å². The molecule has 0 unspecified atom stereocenters. The number of carbonyl (C=O) groups is 1. The van der Waals surface area contributed by atoms with E-state index in [2.05, 4.69) is 26.4 Å². The Balaban J connectivity index is 3.09. The number of nitrogens with one attached hydrogen (secondary N) is 1. The van der Waals surface area contributed by atoms with Crippen molar-refractivity contribution in [3.8, 4) is 0 Å². The van der Waals surface area contributed by atoms with Crippen molar-refractivity contribution in [2.24, 2.45) is 16.3 Å². The van der Waals surface area contributed by atoms with Gasteiger partial charge in [-0.3, -0.25) is 4.79 Å². The van der Waals surface area contributed by atoms with Gasteiger partial charge >= 0.3 is 0 Å². The highest BCUT2D eigenvalue weighted by atomic mass is 79.9. The third-order valence-electron chi connectivity index (χ3n) is 3.68. The van der Waals surface area contributed by atoms with Gasteiger partial charge in [-0.25, -0.2) is 0 Å². The molecule has 0 radical (unpaired) electrons. The molecule has 0 atom stereocenters. The van der Waals surface area contributed by atoms with E-state index in [9.17, 15) is 4.79 Å². The lowest BCUT2D eigenvalue weighted by Crippen LogP contribution is -2.46. The fourth-order valence-electron chi connectivity index (χ4n) is 2.15. The maximum absolute atomic E-state index is 12.5. The Morgan fingerprint density at radius 2 is 2.05 bits per heavy atom. The van der Waals surface area contributed by atoms with Crippen LogP contribution in [0.15, 0.2) is 27.8 Å². The van der Waals surface area contributed by atoms with Gasteiger partial charge in [-0.15, -0.1) is 0 Å². The molecule has 0 aliphatic rings. The second-order valence-electron chi connectivity index (χ2n) is 4.69. The molecule has 0 fully saturated rings. The van der Waals surface area contributed by atoms with Crippen LogP contribution in [0.25, 0.3) is 0 Å². The molecule has 20 heavy (non-hydrogen) atoms. The van der Waals surface area contributed by atoms with E-state index in [1.54, 1.807) is 0 Å². The fraction of sp³-hybridized carbons (Fsp3) is 0.429. The fourth-order valence-corrected chi connectivity index (χ4v) is 2.63. The summed E-state index contributed by atoms with van der Waals surface area (Å²) >= 11 is 3.38. The molecule has 5 nitrogen and oxygen atoms in total. The van der Waals surface area contributed by atoms with Gasteiger partial charge in [0, 0.05) is 10.2 Å². The minimum Gasteiger partial charge on any atom is -0.409 e. The summed E-state index contributed by atoms with van der Waals surface area (Å²) in [7, 11) is 0. The molecule has 0 spiro atoms. The van der Waals surface area contributed by atoms with Gasteiger partial charge in [0.2, 0.25) is 5.91 Å². The number of amides is 1. The first kappa shape index (κ1) is 16.5. The summed E-state index contributed by atoms with van der Waals surface area (Å²) in [5.41, 5.74) is 6.39. The minimum absolute atomic E-state index is 0.0604. The standard InChI is InChI=1S/C14H20BrN3O2/c1-4-14(5-2,12(16)18-20)13(19)17-11-7-6-10(15)8-9(11)3/h6-8,20H,4-5H2,1-3H3,(H2,16,18)(H,17,19). The number of aryl methyl sites for hydroxylation is 1. The number of nitrogens with two attached hydrogens (primary N) is 1. The highest BCUT2D eigenvalue weighted by Crippen LogP contribution is 2.30. The maximum atomic E-state index is 12.5. The first-order valence-electron chi connectivity index (χ1n) is 6.46. The summed E-state index contributed by atoms with van der Waals surface area (Å²) in [6, 6.07) is 5.59. The van der Waals surface area contributed by atoms with Crippen molar-refractivity contribution in [3.63, 3.8) is 0 Å². The van der Waals surface area contributed by atoms with Gasteiger partial charge in [-0.2, -0.15) is 0 Å². The molecule has 0 aromatic heterocycles. The van der Waals surface area contributed by atoms with E-state index in [1.807, 2.05) is 39.0 Å². The van der Waals surface area contributed by atoms with Crippen LogP contribution in [0.1, 0.15) is 32.3 Å². The number of benzene rings is 1. The zero-order valence-corrected chi connectivity index (χ0v) is 13.5. The van der Waals surface area contributed by atoms with Gasteiger partial charge in [-0.05, 0) is 43.5 Å². The molecule has 1 aromatic rings. The van der Waals surface area contributed by atoms with Gasteiger partial charge in [-0.1, -0.05) is 34.9 Å². The number of carbonyl (C=O) groups excluding carboxylic acids is 1. The van der Waals surface area contributed by atoms with Crippen LogP contribution in [-0.2, 0) is 4.79 Å². The Hall–Kier alpha value is -1.56. The van der Waals surface area contributed by atoms with Crippen molar-refractivity contribution in [2.75, 3.05) is 5.32 Å². The smallest absolute Gasteiger partial charge is 0.238 e. The van der Waals surface area contributed by atoms with Crippen LogP contribution in [0.3, 0.4) is 0 Å². The molecule has 0 aliphatic carbocycles. The van der Waals surface area contributed by atoms with Crippen LogP contribution >= 0.6 is 15.9 Å². The number of anilines is 1. The number of oxime groups is 1. The molecule has 4 N–H and O–H groups in total. The highest BCUT2D eigenvalue weighted by Gasteiger charge is 2.39. The van der Waals surface area contributed by atoms with Gasteiger partial charge < -0.3 is 16.3 Å². The summed E-state index contributed by atoms with van der Waals surface area (Å²) in [6.07, 6.45) is 0.918. The normalized spacial score (nSPS) is 12.3. The molecule has 110 valence electrons. The van der Waals surface area contributed by atoms with E-state index in [4.69, 9.17) is 10.9 Å². The Labute approximate surface area is 127 Å². The Kier molecular flexibility index (Phi) is 5.56. The predicted octanol–water partition coefficient (Wildman–Crippen LogP) is 3.25. The quantitative estimate of drug-likeness (QED) is 0.332. The summed E-state index contributed by atoms with van der Waals surface area (Å²) < 4.78 is 0.946. The SMILES string of the molecule is CCC(CC)(C(=O)Nc1ccc(Br)cc1C)C(N)=NO. The molecule has 0 saturated heterocycles. The number of halogens is 1. The topological polar surface area (TPSA) is 87.7 Å². The van der Waals surface area contributed by atoms with Crippen LogP contribution in [0.4, 0.5) is 5.69 Å². The Morgan fingerprint density at radius 3 is 2.50 bits per heavy atom. The second-order valence-corrected chi connectivity index (χ2v) is 5.60. The largest absolute Gasteiger partial charge is 0.409 e. The molecule has 6 heteroatoms. The molecule has 0 heterocycles. The minimum atomic E-state index is -0.992. The van der Waals surface area contributed by atoms with Crippen molar-refractivity contribution >= 4 is 33.4 Å². The van der Waals surface area contributed by atoms with Crippen molar-refractivity contribution in [1.29, 1.82) is 0 Å². The average Bonchev–Trinajstić information content (AvgIpc) is 2.43. The van der Waals surface area contributed by atoms with Crippen molar-refractivity contribution in [2.45, 2.75) is 33.6 Å². The Morgan fingerprint density at radius 1 is 1.45 bits per heavy atom. The second kappa shape index (κ2) is 6.74. The van der Waals surface area contributed by atoms with E-state index in [-0.39, 0.29) is 11.7 Å². The van der Waals surface area contributed by atoms with Crippen LogP contribution in [0, 0.1) is 12.3 Å². The van der Waals surface area contributed by atoms with Gasteiger partial charge in [0.1, 0.15) is 5.41 Å². The van der Waals surface area contributed by atoms with Crippen LogP contribution in [0.5, 0.6) is 0 Å². The monoisotopic (exact) mass is 341 g/mol. The summed E-state index contributed by atoms with van der Waals surface area (Å²) in [4.78, 5) is 12.5. The lowest BCUT2D eigenvalue weighted by molar-refractivity contribution is -0.122. The Bertz CT molecular complexity index is 525. The average molecular weight is 342 g/mol. The van der Waals surface area contributed by atoms with E-state index < -0.39 is 5.41 Å². The lowest BCUT2D eigenvalue weighted by Gasteiger charge is -2.28. The van der Waals surface area contributed by atoms with Crippen LogP contribution in [-0.4, -0.2) is 17.0 Å². The maximum Gasteiger partial charge on any atom is 0.238 e. The van der Waals surface area contributed by atoms with Crippen molar-refractivity contribution in [1.82, 2.24) is 0 Å². The molecule has 1 amide bonds. The lowest BCUT2D eigenvalue weighted by atomic mass is 9.80.